The Bertz CT molecular complexity index is 1270. The van der Waals surface area contributed by atoms with Crippen LogP contribution in [0.5, 0.6) is 23.1 Å². The van der Waals surface area contributed by atoms with E-state index in [1.807, 2.05) is 24.3 Å². The Morgan fingerprint density at radius 2 is 1.76 bits per heavy atom. The molecule has 4 aromatic rings. The number of nitrogens with one attached hydrogen (secondary N) is 1. The van der Waals surface area contributed by atoms with Crippen molar-refractivity contribution in [2.45, 2.75) is 0 Å². The lowest BCUT2D eigenvalue weighted by atomic mass is 10.1. The number of aromatic nitrogens is 4. The van der Waals surface area contributed by atoms with E-state index in [-0.39, 0.29) is 19.1 Å². The number of rotatable bonds is 9. The minimum absolute atomic E-state index is 0.222. The fourth-order valence-electron chi connectivity index (χ4n) is 3.19. The molecule has 0 unspecified atom stereocenters. The lowest BCUT2D eigenvalue weighted by Gasteiger charge is -2.11. The molecule has 2 heterocycles. The summed E-state index contributed by atoms with van der Waals surface area (Å²) in [5.74, 6) is 2.41. The summed E-state index contributed by atoms with van der Waals surface area (Å²) in [5.41, 5.74) is 1.80. The van der Waals surface area contributed by atoms with E-state index in [4.69, 9.17) is 18.9 Å². The van der Waals surface area contributed by atoms with Crippen molar-refractivity contribution in [2.24, 2.45) is 0 Å². The summed E-state index contributed by atoms with van der Waals surface area (Å²) in [4.78, 5) is 12.5. The average Bonchev–Trinajstić information content (AvgIpc) is 3.29. The number of hydrogen-bond acceptors (Lipinski definition) is 8. The first-order chi connectivity index (χ1) is 16.1. The summed E-state index contributed by atoms with van der Waals surface area (Å²) in [5, 5.41) is 15.7. The predicted octanol–water partition coefficient (Wildman–Crippen LogP) is 2.63. The zero-order valence-corrected chi connectivity index (χ0v) is 18.4. The number of nitrogens with zero attached hydrogens (tertiary/aromatic N) is 4. The standard InChI is InChI=1S/C23H23N5O5/c1-30-16-6-4-5-15(13-16)22-26-25-20-9-10-21(27-28(20)22)33-12-11-24-23(29)18-8-7-17(31-2)14-19(18)32-3/h4-10,13-14H,11-12H2,1-3H3,(H,24,29). The molecule has 0 spiro atoms. The van der Waals surface area contributed by atoms with Gasteiger partial charge >= 0.3 is 0 Å². The highest BCUT2D eigenvalue weighted by Crippen LogP contribution is 2.25. The quantitative estimate of drug-likeness (QED) is 0.389. The molecule has 4 rings (SSSR count). The van der Waals surface area contributed by atoms with Crippen LogP contribution in [0, 0.1) is 0 Å². The molecule has 1 N–H and O–H groups in total. The smallest absolute Gasteiger partial charge is 0.255 e. The van der Waals surface area contributed by atoms with Gasteiger partial charge in [-0.1, -0.05) is 12.1 Å². The summed E-state index contributed by atoms with van der Waals surface area (Å²) < 4.78 is 23.0. The van der Waals surface area contributed by atoms with E-state index >= 15 is 0 Å². The van der Waals surface area contributed by atoms with Gasteiger partial charge < -0.3 is 24.3 Å². The average molecular weight is 449 g/mol. The second kappa shape index (κ2) is 9.86. The fraction of sp³-hybridized carbons (Fsp3) is 0.217. The number of carbonyl (C=O) groups is 1. The minimum Gasteiger partial charge on any atom is -0.497 e. The molecule has 10 nitrogen and oxygen atoms in total. The van der Waals surface area contributed by atoms with Crippen LogP contribution in [0.4, 0.5) is 0 Å². The zero-order valence-electron chi connectivity index (χ0n) is 18.4. The number of ether oxygens (including phenoxy) is 4. The molecule has 0 aliphatic carbocycles. The largest absolute Gasteiger partial charge is 0.497 e. The van der Waals surface area contributed by atoms with Crippen molar-refractivity contribution in [3.63, 3.8) is 0 Å². The number of methoxy groups -OCH3 is 3. The molecule has 0 aliphatic heterocycles. The molecule has 0 saturated heterocycles. The van der Waals surface area contributed by atoms with Gasteiger partial charge in [0.1, 0.15) is 23.9 Å². The van der Waals surface area contributed by atoms with Gasteiger partial charge in [0.2, 0.25) is 5.88 Å². The molecular weight excluding hydrogens is 426 g/mol. The molecule has 1 amide bonds. The number of benzene rings is 2. The Morgan fingerprint density at radius 3 is 2.55 bits per heavy atom. The molecule has 0 bridgehead atoms. The summed E-state index contributed by atoms with van der Waals surface area (Å²) in [6, 6.07) is 15.9. The summed E-state index contributed by atoms with van der Waals surface area (Å²) in [7, 11) is 4.66. The van der Waals surface area contributed by atoms with Gasteiger partial charge in [-0.15, -0.1) is 15.3 Å². The molecule has 2 aromatic carbocycles. The van der Waals surface area contributed by atoms with Crippen molar-refractivity contribution in [1.29, 1.82) is 0 Å². The molecule has 0 fully saturated rings. The molecule has 10 heteroatoms. The highest BCUT2D eigenvalue weighted by Gasteiger charge is 2.14. The molecule has 0 radical (unpaired) electrons. The first-order valence-electron chi connectivity index (χ1n) is 10.1. The van der Waals surface area contributed by atoms with Gasteiger partial charge in [0, 0.05) is 17.7 Å². The van der Waals surface area contributed by atoms with Gasteiger partial charge in [-0.3, -0.25) is 4.79 Å². The zero-order chi connectivity index (χ0) is 23.2. The Labute approximate surface area is 190 Å². The molecule has 0 saturated carbocycles. The SMILES string of the molecule is COc1cccc(-c2nnc3ccc(OCCNC(=O)c4ccc(OC)cc4OC)nn23)c1. The lowest BCUT2D eigenvalue weighted by molar-refractivity contribution is 0.0943. The normalized spacial score (nSPS) is 10.6. The predicted molar refractivity (Wildman–Crippen MR) is 120 cm³/mol. The maximum absolute atomic E-state index is 12.5. The van der Waals surface area contributed by atoms with Crippen molar-refractivity contribution in [3.8, 4) is 34.5 Å². The number of hydrogen-bond donors (Lipinski definition) is 1. The van der Waals surface area contributed by atoms with Crippen LogP contribution in [0.1, 0.15) is 10.4 Å². The molecule has 33 heavy (non-hydrogen) atoms. The number of amides is 1. The van der Waals surface area contributed by atoms with Crippen LogP contribution in [0.15, 0.2) is 54.6 Å². The summed E-state index contributed by atoms with van der Waals surface area (Å²) >= 11 is 0. The lowest BCUT2D eigenvalue weighted by Crippen LogP contribution is -2.28. The third-order valence-electron chi connectivity index (χ3n) is 4.86. The molecule has 0 aliphatic rings. The number of fused-ring (bicyclic) bond motifs is 1. The monoisotopic (exact) mass is 449 g/mol. The van der Waals surface area contributed by atoms with Gasteiger partial charge in [-0.05, 0) is 30.3 Å². The summed E-state index contributed by atoms with van der Waals surface area (Å²) in [6.45, 7) is 0.498. The van der Waals surface area contributed by atoms with E-state index in [1.54, 1.807) is 49.1 Å². The van der Waals surface area contributed by atoms with E-state index in [9.17, 15) is 4.79 Å². The number of carbonyl (C=O) groups excluding carboxylic acids is 1. The Hall–Kier alpha value is -4.34. The Kier molecular flexibility index (Phi) is 6.53. The van der Waals surface area contributed by atoms with E-state index in [2.05, 4.69) is 20.6 Å². The first kappa shape index (κ1) is 21.9. The Balaban J connectivity index is 1.40. The van der Waals surface area contributed by atoms with E-state index in [1.165, 1.54) is 7.11 Å². The second-order valence-electron chi connectivity index (χ2n) is 6.87. The fourth-order valence-corrected chi connectivity index (χ4v) is 3.19. The highest BCUT2D eigenvalue weighted by atomic mass is 16.5. The van der Waals surface area contributed by atoms with Crippen LogP contribution in [0.25, 0.3) is 17.0 Å². The van der Waals surface area contributed by atoms with Crippen molar-refractivity contribution >= 4 is 11.6 Å². The maximum Gasteiger partial charge on any atom is 0.255 e. The second-order valence-corrected chi connectivity index (χ2v) is 6.87. The van der Waals surface area contributed by atoms with Gasteiger partial charge in [-0.25, -0.2) is 0 Å². The topological polar surface area (TPSA) is 109 Å². The van der Waals surface area contributed by atoms with Gasteiger partial charge in [-0.2, -0.15) is 4.52 Å². The molecular formula is C23H23N5O5. The molecule has 0 atom stereocenters. The minimum atomic E-state index is -0.277. The summed E-state index contributed by atoms with van der Waals surface area (Å²) in [6.07, 6.45) is 0. The third kappa shape index (κ3) is 4.79. The van der Waals surface area contributed by atoms with Gasteiger partial charge in [0.25, 0.3) is 5.91 Å². The Morgan fingerprint density at radius 1 is 0.939 bits per heavy atom. The van der Waals surface area contributed by atoms with Crippen LogP contribution in [0.2, 0.25) is 0 Å². The maximum atomic E-state index is 12.5. The van der Waals surface area contributed by atoms with Crippen LogP contribution in [-0.2, 0) is 0 Å². The van der Waals surface area contributed by atoms with Crippen molar-refractivity contribution in [2.75, 3.05) is 34.5 Å². The van der Waals surface area contributed by atoms with E-state index in [0.29, 0.717) is 40.2 Å². The highest BCUT2D eigenvalue weighted by molar-refractivity contribution is 5.97. The van der Waals surface area contributed by atoms with Crippen molar-refractivity contribution in [1.82, 2.24) is 25.1 Å². The first-order valence-corrected chi connectivity index (χ1v) is 10.1. The van der Waals surface area contributed by atoms with Gasteiger partial charge in [0.15, 0.2) is 11.5 Å². The van der Waals surface area contributed by atoms with Crippen LogP contribution in [0.3, 0.4) is 0 Å². The van der Waals surface area contributed by atoms with Crippen LogP contribution >= 0.6 is 0 Å². The molecule has 2 aromatic heterocycles. The van der Waals surface area contributed by atoms with Crippen molar-refractivity contribution in [3.05, 3.63) is 60.2 Å². The van der Waals surface area contributed by atoms with E-state index in [0.717, 1.165) is 5.56 Å². The molecule has 170 valence electrons. The van der Waals surface area contributed by atoms with Crippen LogP contribution < -0.4 is 24.3 Å². The van der Waals surface area contributed by atoms with Crippen LogP contribution in [-0.4, -0.2) is 60.2 Å². The van der Waals surface area contributed by atoms with Crippen molar-refractivity contribution < 1.29 is 23.7 Å². The van der Waals surface area contributed by atoms with E-state index < -0.39 is 0 Å². The van der Waals surface area contributed by atoms with Gasteiger partial charge in [0.05, 0.1) is 33.4 Å². The third-order valence-corrected chi connectivity index (χ3v) is 4.86.